The fourth-order valence-electron chi connectivity index (χ4n) is 10.3. The number of hydrogen-bond acceptors (Lipinski definition) is 8. The number of allylic oxidation sites excluding steroid dienone is 12. The smallest absolute Gasteiger partial charge is 0.306 e. The Morgan fingerprint density at radius 3 is 1.01 bits per heavy atom. The Hall–Kier alpha value is -2.55. The Morgan fingerprint density at radius 1 is 0.381 bits per heavy atom. The maximum Gasteiger partial charge on any atom is 0.306 e. The number of hydrogen-bond donors (Lipinski definition) is 0. The highest BCUT2D eigenvalue weighted by molar-refractivity contribution is 7.45. The molecule has 0 saturated heterocycles. The lowest BCUT2D eigenvalue weighted by atomic mass is 10.0. The van der Waals surface area contributed by atoms with E-state index in [9.17, 15) is 19.0 Å². The van der Waals surface area contributed by atoms with Gasteiger partial charge in [0.2, 0.25) is 0 Å². The summed E-state index contributed by atoms with van der Waals surface area (Å²) in [4.78, 5) is 38.0. The van der Waals surface area contributed by atoms with Crippen molar-refractivity contribution < 1.29 is 42.1 Å². The monoisotopic (exact) mass is 1200 g/mol. The van der Waals surface area contributed by atoms with Crippen molar-refractivity contribution in [3.8, 4) is 0 Å². The summed E-state index contributed by atoms with van der Waals surface area (Å²) < 4.78 is 34.3. The predicted octanol–water partition coefficient (Wildman–Crippen LogP) is 22.5. The SMILES string of the molecule is CC/C=C\C/C=C\C/C=C\C/C=C\CCCCCCCCCCCCC(=O)OC(COC(=O)CCCCCCCCCCCCCCCCCCCCCCCCCCC/C=C\C/C=C\CCCCCCC)COP(=O)([O-])OCC[N+](C)(C)C. The van der Waals surface area contributed by atoms with Crippen molar-refractivity contribution in [3.63, 3.8) is 0 Å². The van der Waals surface area contributed by atoms with Gasteiger partial charge in [-0.25, -0.2) is 0 Å². The zero-order valence-electron chi connectivity index (χ0n) is 55.8. The van der Waals surface area contributed by atoms with Crippen molar-refractivity contribution in [1.29, 1.82) is 0 Å². The minimum atomic E-state index is -4.64. The van der Waals surface area contributed by atoms with Gasteiger partial charge in [-0.05, 0) is 83.5 Å². The van der Waals surface area contributed by atoms with Crippen LogP contribution < -0.4 is 4.89 Å². The third-order valence-corrected chi connectivity index (χ3v) is 16.7. The number of esters is 2. The van der Waals surface area contributed by atoms with Gasteiger partial charge in [0.25, 0.3) is 7.82 Å². The van der Waals surface area contributed by atoms with E-state index in [0.29, 0.717) is 17.4 Å². The molecule has 0 bridgehead atoms. The molecule has 0 saturated carbocycles. The third-order valence-electron chi connectivity index (χ3n) is 15.7. The van der Waals surface area contributed by atoms with Crippen molar-refractivity contribution in [2.45, 2.75) is 341 Å². The molecule has 2 unspecified atom stereocenters. The molecule has 10 heteroatoms. The molecule has 0 aromatic carbocycles. The average Bonchev–Trinajstić information content (AvgIpc) is 3.61. The number of nitrogens with zero attached hydrogens (tertiary/aromatic N) is 1. The van der Waals surface area contributed by atoms with Crippen LogP contribution in [0.25, 0.3) is 0 Å². The molecule has 0 aliphatic heterocycles. The van der Waals surface area contributed by atoms with E-state index >= 15 is 0 Å². The summed E-state index contributed by atoms with van der Waals surface area (Å²) in [5, 5.41) is 0. The maximum absolute atomic E-state index is 12.8. The van der Waals surface area contributed by atoms with Crippen LogP contribution in [-0.4, -0.2) is 70.0 Å². The highest BCUT2D eigenvalue weighted by Crippen LogP contribution is 2.38. The van der Waals surface area contributed by atoms with Crippen LogP contribution in [0.2, 0.25) is 0 Å². The first-order chi connectivity index (χ1) is 41.0. The predicted molar refractivity (Wildman–Crippen MR) is 360 cm³/mol. The molecular formula is C74H136NO8P. The second-order valence-corrected chi connectivity index (χ2v) is 26.6. The molecule has 0 heterocycles. The van der Waals surface area contributed by atoms with E-state index in [1.54, 1.807) is 0 Å². The van der Waals surface area contributed by atoms with Gasteiger partial charge in [-0.15, -0.1) is 0 Å². The van der Waals surface area contributed by atoms with Crippen molar-refractivity contribution >= 4 is 19.8 Å². The highest BCUT2D eigenvalue weighted by Gasteiger charge is 2.22. The van der Waals surface area contributed by atoms with Gasteiger partial charge in [-0.3, -0.25) is 14.2 Å². The van der Waals surface area contributed by atoms with Gasteiger partial charge < -0.3 is 27.9 Å². The molecule has 2 atom stereocenters. The molecule has 0 N–H and O–H groups in total. The second kappa shape index (κ2) is 64.9. The number of ether oxygens (including phenoxy) is 2. The number of likely N-dealkylation sites (N-methyl/N-ethyl adjacent to an activating group) is 1. The number of carbonyl (C=O) groups is 2. The molecule has 9 nitrogen and oxygen atoms in total. The van der Waals surface area contributed by atoms with Gasteiger partial charge >= 0.3 is 11.9 Å². The van der Waals surface area contributed by atoms with Crippen LogP contribution in [0, 0.1) is 0 Å². The summed E-state index contributed by atoms with van der Waals surface area (Å²) in [6.45, 7) is 4.15. The van der Waals surface area contributed by atoms with Crippen LogP contribution in [0.3, 0.4) is 0 Å². The molecule has 490 valence electrons. The lowest BCUT2D eigenvalue weighted by molar-refractivity contribution is -0.870. The van der Waals surface area contributed by atoms with E-state index in [2.05, 4.69) is 86.8 Å². The Labute approximate surface area is 520 Å². The lowest BCUT2D eigenvalue weighted by Crippen LogP contribution is -2.37. The number of phosphoric acid groups is 1. The number of phosphoric ester groups is 1. The fraction of sp³-hybridized carbons (Fsp3) is 0.811. The van der Waals surface area contributed by atoms with Gasteiger partial charge in [0.1, 0.15) is 19.8 Å². The maximum atomic E-state index is 12.8. The van der Waals surface area contributed by atoms with Crippen molar-refractivity contribution in [2.75, 3.05) is 47.5 Å². The number of quaternary nitrogens is 1. The van der Waals surface area contributed by atoms with Crippen LogP contribution in [0.15, 0.2) is 72.9 Å². The van der Waals surface area contributed by atoms with E-state index in [4.69, 9.17) is 18.5 Å². The van der Waals surface area contributed by atoms with Crippen LogP contribution in [0.5, 0.6) is 0 Å². The van der Waals surface area contributed by atoms with E-state index in [1.807, 2.05) is 21.1 Å². The minimum absolute atomic E-state index is 0.0323. The summed E-state index contributed by atoms with van der Waals surface area (Å²) in [5.41, 5.74) is 0. The molecule has 0 radical (unpaired) electrons. The molecule has 0 aromatic rings. The van der Waals surface area contributed by atoms with Crippen LogP contribution >= 0.6 is 7.82 Å². The van der Waals surface area contributed by atoms with E-state index in [1.165, 1.54) is 225 Å². The Bertz CT molecular complexity index is 1650. The van der Waals surface area contributed by atoms with E-state index < -0.39 is 26.5 Å². The summed E-state index contributed by atoms with van der Waals surface area (Å²) in [5.74, 6) is -0.826. The van der Waals surface area contributed by atoms with E-state index in [0.717, 1.165) is 77.0 Å². The molecule has 0 spiro atoms. The van der Waals surface area contributed by atoms with Gasteiger partial charge in [-0.1, -0.05) is 311 Å². The van der Waals surface area contributed by atoms with Crippen LogP contribution in [0.4, 0.5) is 0 Å². The average molecular weight is 1200 g/mol. The number of unbranched alkanes of at least 4 members (excludes halogenated alkanes) is 40. The van der Waals surface area contributed by atoms with Gasteiger partial charge in [-0.2, -0.15) is 0 Å². The Morgan fingerprint density at radius 2 is 0.679 bits per heavy atom. The van der Waals surface area contributed by atoms with E-state index in [-0.39, 0.29) is 32.0 Å². The zero-order valence-corrected chi connectivity index (χ0v) is 56.7. The Balaban J connectivity index is 3.95. The highest BCUT2D eigenvalue weighted by atomic mass is 31.2. The lowest BCUT2D eigenvalue weighted by Gasteiger charge is -2.28. The summed E-state index contributed by atoms with van der Waals surface area (Å²) >= 11 is 0. The molecule has 0 fully saturated rings. The first-order valence-electron chi connectivity index (χ1n) is 35.6. The second-order valence-electron chi connectivity index (χ2n) is 25.2. The van der Waals surface area contributed by atoms with Crippen molar-refractivity contribution in [2.24, 2.45) is 0 Å². The topological polar surface area (TPSA) is 111 Å². The first kappa shape index (κ1) is 81.5. The minimum Gasteiger partial charge on any atom is -0.756 e. The zero-order chi connectivity index (χ0) is 61.2. The fourth-order valence-corrected chi connectivity index (χ4v) is 11.0. The molecule has 84 heavy (non-hydrogen) atoms. The van der Waals surface area contributed by atoms with Gasteiger partial charge in [0.05, 0.1) is 27.7 Å². The summed E-state index contributed by atoms with van der Waals surface area (Å²) in [6, 6.07) is 0. The largest absolute Gasteiger partial charge is 0.756 e. The molecule has 0 aromatic heterocycles. The molecule has 0 amide bonds. The molecule has 0 rings (SSSR count). The quantitative estimate of drug-likeness (QED) is 0.0195. The summed E-state index contributed by atoms with van der Waals surface area (Å²) in [7, 11) is 1.17. The Kier molecular flexibility index (Phi) is 62.9. The third kappa shape index (κ3) is 68.6. The standard InChI is InChI=1S/C74H136NO8P/c1-6-8-10-12-14-16-18-20-22-24-26-28-30-31-32-33-34-35-36-37-38-39-40-41-42-43-45-46-48-50-52-54-56-58-60-62-64-66-73(76)80-70-72(71-82-84(78,79)81-69-68-75(3,4)5)83-74(77)67-65-63-61-59-57-55-53-51-49-47-44-29-27-25-23-21-19-17-15-13-11-9-7-2/h9,11,15,17-18,20-21,23-24,26-27,29,72H,6-8,10,12-14,16,19,22,25,28,30-71H2,1-5H3/b11-9-,17-15-,20-18-,23-21-,26-24-,29-27-. The van der Waals surface area contributed by atoms with Crippen molar-refractivity contribution in [1.82, 2.24) is 0 Å². The summed E-state index contributed by atoms with van der Waals surface area (Å²) in [6.07, 6.45) is 87.1. The molecule has 0 aliphatic rings. The number of rotatable bonds is 66. The van der Waals surface area contributed by atoms with Crippen LogP contribution in [0.1, 0.15) is 335 Å². The molecule has 0 aliphatic carbocycles. The van der Waals surface area contributed by atoms with Crippen LogP contribution in [-0.2, 0) is 32.7 Å². The van der Waals surface area contributed by atoms with Crippen molar-refractivity contribution in [3.05, 3.63) is 72.9 Å². The normalized spacial score (nSPS) is 13.5. The first-order valence-corrected chi connectivity index (χ1v) is 37.1. The number of carbonyl (C=O) groups excluding carboxylic acids is 2. The van der Waals surface area contributed by atoms with Gasteiger partial charge in [0, 0.05) is 12.8 Å². The molecular weight excluding hydrogens is 1060 g/mol. The van der Waals surface area contributed by atoms with Gasteiger partial charge in [0.15, 0.2) is 6.10 Å².